The van der Waals surface area contributed by atoms with Gasteiger partial charge in [-0.25, -0.2) is 9.59 Å². The number of carbonyl (C=O) groups is 1. The number of fused-ring (bicyclic) bond motifs is 1. The third-order valence-corrected chi connectivity index (χ3v) is 7.85. The Bertz CT molecular complexity index is 1490. The number of rotatable bonds is 10. The first-order valence-electron chi connectivity index (χ1n) is 13.7. The average molecular weight is 573 g/mol. The number of carbonyl (C=O) groups excluding carboxylic acids is 1. The number of ether oxygens (including phenoxy) is 3. The van der Waals surface area contributed by atoms with Gasteiger partial charge in [-0.1, -0.05) is 38.5 Å². The average Bonchev–Trinajstić information content (AvgIpc) is 3.24. The number of alkyl halides is 3. The van der Waals surface area contributed by atoms with E-state index in [9.17, 15) is 22.8 Å². The summed E-state index contributed by atoms with van der Waals surface area (Å²) in [6.45, 7) is 7.97. The predicted octanol–water partition coefficient (Wildman–Crippen LogP) is 7.80. The van der Waals surface area contributed by atoms with Gasteiger partial charge in [0.2, 0.25) is 0 Å². The molecule has 0 radical (unpaired) electrons. The van der Waals surface area contributed by atoms with Gasteiger partial charge in [0, 0.05) is 22.6 Å². The number of esters is 1. The van der Waals surface area contributed by atoms with Gasteiger partial charge in [0.15, 0.2) is 0 Å². The molecule has 0 saturated heterocycles. The van der Waals surface area contributed by atoms with Crippen LogP contribution >= 0.6 is 0 Å². The summed E-state index contributed by atoms with van der Waals surface area (Å²) in [7, 11) is 1.54. The molecule has 220 valence electrons. The SMILES string of the molecule is C=C(C)C(=O)OC1CCC(Oc2ccc3cc(-c4ccc(CCCCC)cc4OC)c(=O)oc3c2)C1(C)C(F)(F)F. The van der Waals surface area contributed by atoms with Crippen molar-refractivity contribution in [2.75, 3.05) is 7.11 Å². The molecule has 0 N–H and O–H groups in total. The number of hydrogen-bond donors (Lipinski definition) is 0. The predicted molar refractivity (Wildman–Crippen MR) is 150 cm³/mol. The van der Waals surface area contributed by atoms with Crippen LogP contribution in [-0.2, 0) is 16.0 Å². The van der Waals surface area contributed by atoms with Crippen LogP contribution in [0.25, 0.3) is 22.1 Å². The van der Waals surface area contributed by atoms with Crippen LogP contribution in [-0.4, -0.2) is 31.5 Å². The fourth-order valence-electron chi connectivity index (χ4n) is 5.28. The Morgan fingerprint density at radius 2 is 1.80 bits per heavy atom. The third-order valence-electron chi connectivity index (χ3n) is 7.85. The van der Waals surface area contributed by atoms with E-state index in [1.807, 2.05) is 18.2 Å². The molecule has 3 unspecified atom stereocenters. The molecule has 1 heterocycles. The molecule has 0 bridgehead atoms. The van der Waals surface area contributed by atoms with Crippen LogP contribution in [0.5, 0.6) is 11.5 Å². The second kappa shape index (κ2) is 12.0. The van der Waals surface area contributed by atoms with Crippen LogP contribution in [0.2, 0.25) is 0 Å². The molecule has 0 aliphatic heterocycles. The van der Waals surface area contributed by atoms with Crippen LogP contribution in [0.4, 0.5) is 13.2 Å². The molecule has 0 spiro atoms. The second-order valence-corrected chi connectivity index (χ2v) is 10.8. The van der Waals surface area contributed by atoms with Crippen molar-refractivity contribution in [2.24, 2.45) is 5.41 Å². The normalized spacial score (nSPS) is 20.7. The molecule has 1 aliphatic rings. The first kappa shape index (κ1) is 30.2. The number of benzene rings is 2. The molecule has 4 rings (SSSR count). The van der Waals surface area contributed by atoms with Crippen molar-refractivity contribution in [3.8, 4) is 22.6 Å². The highest BCUT2D eigenvalue weighted by Crippen LogP contribution is 2.53. The van der Waals surface area contributed by atoms with Crippen molar-refractivity contribution >= 4 is 16.9 Å². The van der Waals surface area contributed by atoms with Crippen molar-refractivity contribution in [1.29, 1.82) is 0 Å². The fourth-order valence-corrected chi connectivity index (χ4v) is 5.28. The summed E-state index contributed by atoms with van der Waals surface area (Å²) in [5.41, 5.74) is -0.862. The standard InChI is InChI=1S/C32H35F3O6/c1-6-7-8-9-20-10-13-23(26(16-20)38-5)24-17-21-11-12-22(18-25(21)40-30(24)37)39-27-14-15-28(41-29(36)19(2)3)31(27,4)32(33,34)35/h10-13,16-18,27-28H,2,6-9,14-15H2,1,3-5H3. The number of methoxy groups -OCH3 is 1. The van der Waals surface area contributed by atoms with Gasteiger partial charge in [0.25, 0.3) is 0 Å². The molecule has 2 aromatic carbocycles. The number of halogens is 3. The Morgan fingerprint density at radius 3 is 2.46 bits per heavy atom. The molecule has 3 atom stereocenters. The van der Waals surface area contributed by atoms with Crippen molar-refractivity contribution in [3.63, 3.8) is 0 Å². The molecule has 6 nitrogen and oxygen atoms in total. The van der Waals surface area contributed by atoms with E-state index in [2.05, 4.69) is 13.5 Å². The van der Waals surface area contributed by atoms with Gasteiger partial charge in [-0.2, -0.15) is 13.2 Å². The minimum Gasteiger partial charge on any atom is -0.496 e. The third kappa shape index (κ3) is 6.14. The fraction of sp³-hybridized carbons (Fsp3) is 0.438. The van der Waals surface area contributed by atoms with Crippen molar-refractivity contribution < 1.29 is 36.6 Å². The quantitative estimate of drug-likeness (QED) is 0.107. The molecule has 0 amide bonds. The Hall–Kier alpha value is -3.75. The molecule has 1 saturated carbocycles. The zero-order valence-corrected chi connectivity index (χ0v) is 23.7. The van der Waals surface area contributed by atoms with Crippen molar-refractivity contribution in [3.05, 3.63) is 70.6 Å². The Labute approximate surface area is 237 Å². The second-order valence-electron chi connectivity index (χ2n) is 10.8. The summed E-state index contributed by atoms with van der Waals surface area (Å²) >= 11 is 0. The highest BCUT2D eigenvalue weighted by Gasteiger charge is 2.66. The largest absolute Gasteiger partial charge is 0.496 e. The van der Waals surface area contributed by atoms with E-state index in [0.717, 1.165) is 38.2 Å². The van der Waals surface area contributed by atoms with E-state index in [0.29, 0.717) is 22.3 Å². The topological polar surface area (TPSA) is 75.0 Å². The maximum Gasteiger partial charge on any atom is 0.401 e. The van der Waals surface area contributed by atoms with E-state index in [4.69, 9.17) is 18.6 Å². The van der Waals surface area contributed by atoms with Gasteiger partial charge in [-0.15, -0.1) is 0 Å². The van der Waals surface area contributed by atoms with Crippen LogP contribution in [0.3, 0.4) is 0 Å². The lowest BCUT2D eigenvalue weighted by atomic mass is 9.83. The highest BCUT2D eigenvalue weighted by molar-refractivity contribution is 5.87. The van der Waals surface area contributed by atoms with Crippen LogP contribution in [0.15, 0.2) is 63.8 Å². The number of aryl methyl sites for hydroxylation is 1. The summed E-state index contributed by atoms with van der Waals surface area (Å²) in [5.74, 6) is -0.216. The lowest BCUT2D eigenvalue weighted by Crippen LogP contribution is -2.51. The minimum atomic E-state index is -4.71. The van der Waals surface area contributed by atoms with Gasteiger partial charge in [-0.05, 0) is 69.4 Å². The molecule has 1 aromatic heterocycles. The van der Waals surface area contributed by atoms with E-state index in [1.165, 1.54) is 19.1 Å². The van der Waals surface area contributed by atoms with E-state index < -0.39 is 35.4 Å². The van der Waals surface area contributed by atoms with Gasteiger partial charge < -0.3 is 18.6 Å². The summed E-state index contributed by atoms with van der Waals surface area (Å²) in [4.78, 5) is 25.0. The number of unbranched alkanes of at least 4 members (excludes halogenated alkanes) is 2. The molecule has 9 heteroatoms. The van der Waals surface area contributed by atoms with Crippen LogP contribution in [0.1, 0.15) is 58.4 Å². The van der Waals surface area contributed by atoms with Gasteiger partial charge in [0.05, 0.1) is 12.7 Å². The molecule has 1 fully saturated rings. The maximum atomic E-state index is 14.3. The zero-order chi connectivity index (χ0) is 29.9. The lowest BCUT2D eigenvalue weighted by Gasteiger charge is -2.37. The lowest BCUT2D eigenvalue weighted by molar-refractivity contribution is -0.262. The summed E-state index contributed by atoms with van der Waals surface area (Å²) in [6, 6.07) is 12.0. The molecular formula is C32H35F3O6. The van der Waals surface area contributed by atoms with E-state index in [1.54, 1.807) is 19.2 Å². The summed E-state index contributed by atoms with van der Waals surface area (Å²) in [6.07, 6.45) is -3.26. The molecule has 3 aromatic rings. The highest BCUT2D eigenvalue weighted by atomic mass is 19.4. The van der Waals surface area contributed by atoms with E-state index in [-0.39, 0.29) is 29.7 Å². The Morgan fingerprint density at radius 1 is 1.07 bits per heavy atom. The smallest absolute Gasteiger partial charge is 0.401 e. The van der Waals surface area contributed by atoms with Crippen LogP contribution < -0.4 is 15.1 Å². The monoisotopic (exact) mass is 572 g/mol. The number of hydrogen-bond acceptors (Lipinski definition) is 6. The van der Waals surface area contributed by atoms with Gasteiger partial charge >= 0.3 is 17.8 Å². The van der Waals surface area contributed by atoms with E-state index >= 15 is 0 Å². The first-order valence-corrected chi connectivity index (χ1v) is 13.7. The van der Waals surface area contributed by atoms with Crippen molar-refractivity contribution in [2.45, 2.75) is 77.7 Å². The molecule has 41 heavy (non-hydrogen) atoms. The summed E-state index contributed by atoms with van der Waals surface area (Å²) < 4.78 is 65.1. The Kier molecular flexibility index (Phi) is 8.85. The maximum absolute atomic E-state index is 14.3. The van der Waals surface area contributed by atoms with Gasteiger partial charge in [0.1, 0.15) is 34.7 Å². The Balaban J connectivity index is 1.61. The first-order chi connectivity index (χ1) is 19.4. The minimum absolute atomic E-state index is 0.0132. The van der Waals surface area contributed by atoms with Crippen LogP contribution in [0, 0.1) is 5.41 Å². The summed E-state index contributed by atoms with van der Waals surface area (Å²) in [5, 5.41) is 0.569. The van der Waals surface area contributed by atoms with Crippen molar-refractivity contribution in [1.82, 2.24) is 0 Å². The van der Waals surface area contributed by atoms with Gasteiger partial charge in [-0.3, -0.25) is 0 Å². The zero-order valence-electron chi connectivity index (χ0n) is 23.7. The molecular weight excluding hydrogens is 537 g/mol. The molecule has 1 aliphatic carbocycles.